The number of rotatable bonds is 2. The molecule has 0 aliphatic rings. The standard InChI is InChI=1S/C6H6Cl2O/c7-1-5-3-9-4-6(5)2-8/h3-4H,1-2H2. The molecule has 1 nitrogen and oxygen atoms in total. The fraction of sp³-hybridized carbons (Fsp3) is 0.333. The van der Waals surface area contributed by atoms with Crippen LogP contribution in [-0.2, 0) is 11.8 Å². The van der Waals surface area contributed by atoms with Crippen molar-refractivity contribution < 1.29 is 4.42 Å². The zero-order valence-corrected chi connectivity index (χ0v) is 6.24. The van der Waals surface area contributed by atoms with Gasteiger partial charge in [0.15, 0.2) is 0 Å². The molecule has 1 heterocycles. The van der Waals surface area contributed by atoms with Gasteiger partial charge in [-0.25, -0.2) is 0 Å². The van der Waals surface area contributed by atoms with Gasteiger partial charge in [-0.1, -0.05) is 0 Å². The molecule has 3 heteroatoms. The van der Waals surface area contributed by atoms with Crippen LogP contribution in [0, 0.1) is 0 Å². The molecule has 0 spiro atoms. The van der Waals surface area contributed by atoms with Gasteiger partial charge in [0.1, 0.15) is 0 Å². The van der Waals surface area contributed by atoms with Crippen molar-refractivity contribution in [3.05, 3.63) is 23.7 Å². The number of hydrogen-bond acceptors (Lipinski definition) is 1. The van der Waals surface area contributed by atoms with E-state index in [1.807, 2.05) is 0 Å². The summed E-state index contributed by atoms with van der Waals surface area (Å²) in [5.74, 6) is 0.942. The van der Waals surface area contributed by atoms with E-state index >= 15 is 0 Å². The van der Waals surface area contributed by atoms with E-state index in [9.17, 15) is 0 Å². The van der Waals surface area contributed by atoms with Crippen LogP contribution < -0.4 is 0 Å². The van der Waals surface area contributed by atoms with Crippen LogP contribution in [0.3, 0.4) is 0 Å². The van der Waals surface area contributed by atoms with Gasteiger partial charge >= 0.3 is 0 Å². The van der Waals surface area contributed by atoms with E-state index in [4.69, 9.17) is 27.6 Å². The van der Waals surface area contributed by atoms with E-state index in [1.54, 1.807) is 12.5 Å². The third-order valence-corrected chi connectivity index (χ3v) is 1.70. The van der Waals surface area contributed by atoms with Gasteiger partial charge in [0.25, 0.3) is 0 Å². The van der Waals surface area contributed by atoms with Crippen molar-refractivity contribution in [2.75, 3.05) is 0 Å². The minimum absolute atomic E-state index is 0.471. The first-order chi connectivity index (χ1) is 4.38. The van der Waals surface area contributed by atoms with E-state index in [0.717, 1.165) is 11.1 Å². The Morgan fingerprint density at radius 1 is 1.11 bits per heavy atom. The molecule has 0 saturated heterocycles. The quantitative estimate of drug-likeness (QED) is 0.614. The second kappa shape index (κ2) is 3.14. The summed E-state index contributed by atoms with van der Waals surface area (Å²) < 4.78 is 4.86. The maximum Gasteiger partial charge on any atom is 0.0950 e. The van der Waals surface area contributed by atoms with Crippen LogP contribution in [0.15, 0.2) is 16.9 Å². The van der Waals surface area contributed by atoms with Gasteiger partial charge < -0.3 is 4.42 Å². The monoisotopic (exact) mass is 164 g/mol. The van der Waals surface area contributed by atoms with Gasteiger partial charge in [-0.05, 0) is 0 Å². The molecule has 1 aromatic heterocycles. The largest absolute Gasteiger partial charge is 0.472 e. The molecule has 1 rings (SSSR count). The van der Waals surface area contributed by atoms with E-state index in [1.165, 1.54) is 0 Å². The van der Waals surface area contributed by atoms with Crippen LogP contribution in [0.4, 0.5) is 0 Å². The molecule has 0 amide bonds. The molecule has 0 saturated carbocycles. The maximum atomic E-state index is 5.53. The van der Waals surface area contributed by atoms with Crippen LogP contribution >= 0.6 is 23.2 Å². The highest BCUT2D eigenvalue weighted by Crippen LogP contribution is 2.14. The normalized spacial score (nSPS) is 10.0. The van der Waals surface area contributed by atoms with Crippen molar-refractivity contribution in [3.8, 4) is 0 Å². The average molecular weight is 165 g/mol. The second-order valence-electron chi connectivity index (χ2n) is 1.69. The van der Waals surface area contributed by atoms with Gasteiger partial charge in [0.05, 0.1) is 24.3 Å². The molecule has 0 radical (unpaired) electrons. The molecular weight excluding hydrogens is 159 g/mol. The highest BCUT2D eigenvalue weighted by Gasteiger charge is 2.00. The lowest BCUT2D eigenvalue weighted by Gasteiger charge is -1.88. The van der Waals surface area contributed by atoms with Crippen LogP contribution in [-0.4, -0.2) is 0 Å². The third-order valence-electron chi connectivity index (χ3n) is 1.12. The van der Waals surface area contributed by atoms with Crippen LogP contribution in [0.2, 0.25) is 0 Å². The first kappa shape index (κ1) is 6.97. The first-order valence-corrected chi connectivity index (χ1v) is 3.61. The molecule has 0 aromatic carbocycles. The van der Waals surface area contributed by atoms with Gasteiger partial charge in [-0.15, -0.1) is 23.2 Å². The lowest BCUT2D eigenvalue weighted by atomic mass is 10.2. The molecule has 1 aromatic rings. The average Bonchev–Trinajstić information content (AvgIpc) is 2.33. The van der Waals surface area contributed by atoms with Crippen LogP contribution in [0.5, 0.6) is 0 Å². The Bertz CT molecular complexity index is 164. The Morgan fingerprint density at radius 3 is 1.89 bits per heavy atom. The molecule has 0 aliphatic heterocycles. The first-order valence-electron chi connectivity index (χ1n) is 2.54. The minimum Gasteiger partial charge on any atom is -0.472 e. The summed E-state index contributed by atoms with van der Waals surface area (Å²) in [6, 6.07) is 0. The number of alkyl halides is 2. The Labute approximate surface area is 63.6 Å². The lowest BCUT2D eigenvalue weighted by Crippen LogP contribution is -1.78. The topological polar surface area (TPSA) is 13.1 Å². The molecule has 50 valence electrons. The Kier molecular flexibility index (Phi) is 2.43. The zero-order valence-electron chi connectivity index (χ0n) is 4.73. The minimum atomic E-state index is 0.471. The zero-order chi connectivity index (χ0) is 6.69. The molecule has 0 bridgehead atoms. The Hall–Kier alpha value is -0.140. The number of furan rings is 1. The van der Waals surface area contributed by atoms with Crippen molar-refractivity contribution in [3.63, 3.8) is 0 Å². The smallest absolute Gasteiger partial charge is 0.0950 e. The molecule has 0 fully saturated rings. The highest BCUT2D eigenvalue weighted by atomic mass is 35.5. The van der Waals surface area contributed by atoms with Crippen molar-refractivity contribution in [2.24, 2.45) is 0 Å². The number of halogens is 2. The molecule has 9 heavy (non-hydrogen) atoms. The van der Waals surface area contributed by atoms with Gasteiger partial charge in [-0.3, -0.25) is 0 Å². The SMILES string of the molecule is ClCc1cocc1CCl. The molecule has 0 unspecified atom stereocenters. The summed E-state index contributed by atoms with van der Waals surface area (Å²) >= 11 is 11.1. The Balaban J connectivity index is 2.85. The third kappa shape index (κ3) is 1.41. The molecular formula is C6H6Cl2O. The summed E-state index contributed by atoms with van der Waals surface area (Å²) in [6.07, 6.45) is 3.23. The van der Waals surface area contributed by atoms with Crippen LogP contribution in [0.1, 0.15) is 11.1 Å². The van der Waals surface area contributed by atoms with E-state index in [-0.39, 0.29) is 0 Å². The van der Waals surface area contributed by atoms with Gasteiger partial charge in [0.2, 0.25) is 0 Å². The van der Waals surface area contributed by atoms with E-state index in [2.05, 4.69) is 0 Å². The summed E-state index contributed by atoms with van der Waals surface area (Å²) in [5.41, 5.74) is 1.96. The van der Waals surface area contributed by atoms with Crippen molar-refractivity contribution in [2.45, 2.75) is 11.8 Å². The fourth-order valence-electron chi connectivity index (χ4n) is 0.584. The Morgan fingerprint density at radius 2 is 1.56 bits per heavy atom. The summed E-state index contributed by atoms with van der Waals surface area (Å²) in [5, 5.41) is 0. The summed E-state index contributed by atoms with van der Waals surface area (Å²) in [4.78, 5) is 0. The predicted octanol–water partition coefficient (Wildman–Crippen LogP) is 2.76. The predicted molar refractivity (Wildman–Crippen MR) is 37.8 cm³/mol. The summed E-state index contributed by atoms with van der Waals surface area (Å²) in [7, 11) is 0. The van der Waals surface area contributed by atoms with E-state index in [0.29, 0.717) is 11.8 Å². The molecule has 0 N–H and O–H groups in total. The van der Waals surface area contributed by atoms with E-state index < -0.39 is 0 Å². The van der Waals surface area contributed by atoms with Crippen LogP contribution in [0.25, 0.3) is 0 Å². The maximum absolute atomic E-state index is 5.53. The van der Waals surface area contributed by atoms with Crippen molar-refractivity contribution >= 4 is 23.2 Å². The van der Waals surface area contributed by atoms with Gasteiger partial charge in [0, 0.05) is 11.1 Å². The summed E-state index contributed by atoms with van der Waals surface area (Å²) in [6.45, 7) is 0. The lowest BCUT2D eigenvalue weighted by molar-refractivity contribution is 0.563. The number of hydrogen-bond donors (Lipinski definition) is 0. The highest BCUT2D eigenvalue weighted by molar-refractivity contribution is 6.18. The van der Waals surface area contributed by atoms with Crippen molar-refractivity contribution in [1.82, 2.24) is 0 Å². The molecule has 0 atom stereocenters. The molecule has 0 aliphatic carbocycles. The fourth-order valence-corrected chi connectivity index (χ4v) is 1.05. The van der Waals surface area contributed by atoms with Gasteiger partial charge in [-0.2, -0.15) is 0 Å². The van der Waals surface area contributed by atoms with Crippen molar-refractivity contribution in [1.29, 1.82) is 0 Å². The second-order valence-corrected chi connectivity index (χ2v) is 2.22.